The van der Waals surface area contributed by atoms with Crippen molar-refractivity contribution in [3.63, 3.8) is 0 Å². The Balaban J connectivity index is 0.000000171. The van der Waals surface area contributed by atoms with Crippen LogP contribution >= 0.6 is 46.4 Å². The fraction of sp³-hybridized carbons (Fsp3) is 0. The van der Waals surface area contributed by atoms with Crippen LogP contribution in [0.1, 0.15) is 0 Å². The molecular weight excluding hydrogens is 306 g/mol. The molecule has 2 rings (SSSR count). The Morgan fingerprint density at radius 1 is 0.824 bits per heavy atom. The van der Waals surface area contributed by atoms with Gasteiger partial charge in [0, 0.05) is 12.1 Å². The average molecular weight is 312 g/mol. The fourth-order valence-corrected chi connectivity index (χ4v) is 1.57. The largest absolute Gasteiger partial charge is 0.617 e. The fourth-order valence-electron chi connectivity index (χ4n) is 0.828. The molecule has 0 radical (unpaired) electrons. The average Bonchev–Trinajstić information content (AvgIpc) is 2.26. The second-order valence-electron chi connectivity index (χ2n) is 2.75. The van der Waals surface area contributed by atoms with Gasteiger partial charge in [-0.15, -0.1) is 4.73 Å². The molecule has 17 heavy (non-hydrogen) atoms. The summed E-state index contributed by atoms with van der Waals surface area (Å²) in [7, 11) is 0. The van der Waals surface area contributed by atoms with Gasteiger partial charge < -0.3 is 5.21 Å². The van der Waals surface area contributed by atoms with Crippen molar-refractivity contribution in [2.45, 2.75) is 0 Å². The summed E-state index contributed by atoms with van der Waals surface area (Å²) < 4.78 is 0.448. The van der Waals surface area contributed by atoms with Crippen LogP contribution in [-0.2, 0) is 0 Å². The highest BCUT2D eigenvalue weighted by atomic mass is 35.5. The summed E-state index contributed by atoms with van der Waals surface area (Å²) in [5.41, 5.74) is 0. The minimum absolute atomic E-state index is 0.0856. The zero-order chi connectivity index (χ0) is 12.8. The number of rotatable bonds is 0. The van der Waals surface area contributed by atoms with Crippen LogP contribution in [0.2, 0.25) is 20.6 Å². The molecule has 0 saturated heterocycles. The Hall–Kier alpha value is -0.740. The topological polar surface area (TPSA) is 39.8 Å². The molecule has 7 heteroatoms. The van der Waals surface area contributed by atoms with Gasteiger partial charge in [0.15, 0.2) is 0 Å². The first kappa shape index (κ1) is 14.3. The van der Waals surface area contributed by atoms with E-state index in [1.807, 2.05) is 0 Å². The molecule has 0 N–H and O–H groups in total. The van der Waals surface area contributed by atoms with Crippen molar-refractivity contribution in [2.24, 2.45) is 0 Å². The van der Waals surface area contributed by atoms with Crippen molar-refractivity contribution in [1.29, 1.82) is 0 Å². The lowest BCUT2D eigenvalue weighted by Gasteiger charge is -1.97. The third-order valence-corrected chi connectivity index (χ3v) is 2.52. The lowest BCUT2D eigenvalue weighted by Crippen LogP contribution is -2.28. The molecule has 2 aromatic heterocycles. The highest BCUT2D eigenvalue weighted by Crippen LogP contribution is 2.08. The summed E-state index contributed by atoms with van der Waals surface area (Å²) in [4.78, 5) is 3.70. The summed E-state index contributed by atoms with van der Waals surface area (Å²) >= 11 is 21.7. The van der Waals surface area contributed by atoms with Gasteiger partial charge in [0.05, 0.1) is 0 Å². The quantitative estimate of drug-likeness (QED) is 0.419. The summed E-state index contributed by atoms with van der Waals surface area (Å²) in [6, 6.07) is 9.65. The number of hydrogen-bond donors (Lipinski definition) is 0. The van der Waals surface area contributed by atoms with E-state index in [1.54, 1.807) is 24.3 Å². The van der Waals surface area contributed by atoms with Gasteiger partial charge in [-0.3, -0.25) is 0 Å². The lowest BCUT2D eigenvalue weighted by molar-refractivity contribution is -0.600. The smallest absolute Gasteiger partial charge is 0.287 e. The summed E-state index contributed by atoms with van der Waals surface area (Å²) in [6.07, 6.45) is 0. The number of hydrogen-bond acceptors (Lipinski definition) is 2. The van der Waals surface area contributed by atoms with Crippen molar-refractivity contribution < 1.29 is 4.73 Å². The van der Waals surface area contributed by atoms with Gasteiger partial charge in [-0.2, -0.15) is 0 Å². The molecule has 0 aliphatic heterocycles. The summed E-state index contributed by atoms with van der Waals surface area (Å²) in [5, 5.41) is 11.6. The molecule has 0 bridgehead atoms. The Morgan fingerprint density at radius 2 is 1.24 bits per heavy atom. The molecule has 2 heterocycles. The van der Waals surface area contributed by atoms with E-state index < -0.39 is 0 Å². The van der Waals surface area contributed by atoms with Crippen LogP contribution in [0.4, 0.5) is 0 Å². The minimum Gasteiger partial charge on any atom is -0.617 e. The molecule has 0 spiro atoms. The molecule has 3 nitrogen and oxygen atoms in total. The maximum Gasteiger partial charge on any atom is 0.287 e. The first-order valence-corrected chi connectivity index (χ1v) is 5.83. The first-order valence-electron chi connectivity index (χ1n) is 4.32. The van der Waals surface area contributed by atoms with Crippen molar-refractivity contribution in [1.82, 2.24) is 4.98 Å². The first-order chi connectivity index (χ1) is 8.00. The van der Waals surface area contributed by atoms with Crippen LogP contribution in [0.25, 0.3) is 0 Å². The predicted octanol–water partition coefficient (Wildman–Crippen LogP) is 4.02. The van der Waals surface area contributed by atoms with E-state index in [2.05, 4.69) is 4.98 Å². The Kier molecular flexibility index (Phi) is 5.78. The molecule has 0 aromatic carbocycles. The van der Waals surface area contributed by atoms with E-state index in [1.165, 1.54) is 12.1 Å². The number of halogens is 4. The van der Waals surface area contributed by atoms with Crippen LogP contribution in [0, 0.1) is 5.21 Å². The second kappa shape index (κ2) is 6.87. The van der Waals surface area contributed by atoms with Gasteiger partial charge in [-0.05, 0) is 41.4 Å². The Bertz CT molecular complexity index is 470. The van der Waals surface area contributed by atoms with Crippen LogP contribution in [0.3, 0.4) is 0 Å². The van der Waals surface area contributed by atoms with E-state index in [-0.39, 0.29) is 10.3 Å². The zero-order valence-corrected chi connectivity index (χ0v) is 11.3. The van der Waals surface area contributed by atoms with Gasteiger partial charge >= 0.3 is 0 Å². The van der Waals surface area contributed by atoms with E-state index in [9.17, 15) is 5.21 Å². The van der Waals surface area contributed by atoms with E-state index in [4.69, 9.17) is 46.4 Å². The van der Waals surface area contributed by atoms with Gasteiger partial charge in [0.1, 0.15) is 10.3 Å². The maximum atomic E-state index is 10.6. The molecule has 0 aliphatic carbocycles. The molecule has 2 aromatic rings. The van der Waals surface area contributed by atoms with E-state index in [0.29, 0.717) is 15.0 Å². The second-order valence-corrected chi connectivity index (χ2v) is 4.30. The maximum absolute atomic E-state index is 10.6. The molecule has 0 unspecified atom stereocenters. The van der Waals surface area contributed by atoms with Crippen LogP contribution in [0.15, 0.2) is 36.4 Å². The minimum atomic E-state index is 0.0856. The van der Waals surface area contributed by atoms with Gasteiger partial charge in [0.25, 0.3) is 10.3 Å². The van der Waals surface area contributed by atoms with Gasteiger partial charge in [-0.25, -0.2) is 4.98 Å². The summed E-state index contributed by atoms with van der Waals surface area (Å²) in [6.45, 7) is 0. The molecular formula is C10H6Cl4N2O. The van der Waals surface area contributed by atoms with E-state index in [0.717, 1.165) is 0 Å². The molecule has 0 saturated carbocycles. The molecule has 0 atom stereocenters. The normalized spacial score (nSPS) is 9.41. The highest BCUT2D eigenvalue weighted by molar-refractivity contribution is 6.32. The van der Waals surface area contributed by atoms with Crippen LogP contribution < -0.4 is 4.73 Å². The van der Waals surface area contributed by atoms with E-state index >= 15 is 0 Å². The monoisotopic (exact) mass is 310 g/mol. The Morgan fingerprint density at radius 3 is 1.53 bits per heavy atom. The SMILES string of the molecule is Clc1cccc(Cl)n1.[O-][n+]1c(Cl)cccc1Cl. The number of nitrogens with zero attached hydrogens (tertiary/aromatic N) is 2. The van der Waals surface area contributed by atoms with Crippen molar-refractivity contribution in [3.8, 4) is 0 Å². The zero-order valence-electron chi connectivity index (χ0n) is 8.28. The molecule has 0 aliphatic rings. The van der Waals surface area contributed by atoms with Crippen molar-refractivity contribution in [3.05, 3.63) is 62.2 Å². The highest BCUT2D eigenvalue weighted by Gasteiger charge is 2.03. The number of aromatic nitrogens is 2. The molecule has 0 fully saturated rings. The standard InChI is InChI=1S/C5H3Cl2NO.C5H3Cl2N/c6-4-2-1-3-5(7)8(4)9;6-4-2-1-3-5(7)8-4/h1-3H;1-3H. The van der Waals surface area contributed by atoms with Gasteiger partial charge in [0.2, 0.25) is 0 Å². The van der Waals surface area contributed by atoms with Crippen molar-refractivity contribution in [2.75, 3.05) is 0 Å². The van der Waals surface area contributed by atoms with Crippen LogP contribution in [0.5, 0.6) is 0 Å². The Labute approximate surface area is 118 Å². The van der Waals surface area contributed by atoms with Gasteiger partial charge in [-0.1, -0.05) is 29.3 Å². The predicted molar refractivity (Wildman–Crippen MR) is 69.7 cm³/mol. The third-order valence-electron chi connectivity index (χ3n) is 1.54. The van der Waals surface area contributed by atoms with Crippen LogP contribution in [-0.4, -0.2) is 4.98 Å². The molecule has 0 amide bonds. The van der Waals surface area contributed by atoms with Crippen molar-refractivity contribution >= 4 is 46.4 Å². The molecule has 90 valence electrons. The summed E-state index contributed by atoms with van der Waals surface area (Å²) in [5.74, 6) is 0. The third kappa shape index (κ3) is 4.96. The number of pyridine rings is 2. The lowest BCUT2D eigenvalue weighted by atomic mass is 10.5.